The highest BCUT2D eigenvalue weighted by Crippen LogP contribution is 2.28. The Hall–Kier alpha value is -1.61. The Labute approximate surface area is 107 Å². The lowest BCUT2D eigenvalue weighted by Gasteiger charge is -2.13. The molecule has 1 aromatic rings. The van der Waals surface area contributed by atoms with E-state index in [2.05, 4.69) is 9.97 Å². The summed E-state index contributed by atoms with van der Waals surface area (Å²) in [5.41, 5.74) is 2.05. The second-order valence-electron chi connectivity index (χ2n) is 4.00. The third-order valence-electron chi connectivity index (χ3n) is 2.55. The Balaban J connectivity index is 2.10. The third-order valence-corrected chi connectivity index (χ3v) is 2.55. The van der Waals surface area contributed by atoms with E-state index in [9.17, 15) is 13.2 Å². The van der Waals surface area contributed by atoms with E-state index >= 15 is 0 Å². The van der Waals surface area contributed by atoms with Crippen molar-refractivity contribution in [1.29, 1.82) is 0 Å². The van der Waals surface area contributed by atoms with Crippen molar-refractivity contribution in [3.63, 3.8) is 0 Å². The molecule has 0 saturated carbocycles. The summed E-state index contributed by atoms with van der Waals surface area (Å²) in [5.74, 6) is 3.41. The van der Waals surface area contributed by atoms with Crippen molar-refractivity contribution < 1.29 is 22.6 Å². The van der Waals surface area contributed by atoms with Crippen molar-refractivity contribution in [1.82, 2.24) is 9.97 Å². The smallest absolute Gasteiger partial charge is 0.451 e. The highest BCUT2D eigenvalue weighted by molar-refractivity contribution is 5.37. The summed E-state index contributed by atoms with van der Waals surface area (Å²) in [5, 5.41) is 0. The Bertz CT molecular complexity index is 435. The normalized spacial score (nSPS) is 19.5. The van der Waals surface area contributed by atoms with E-state index in [1.807, 2.05) is 5.43 Å². The maximum Gasteiger partial charge on any atom is 0.451 e. The maximum absolute atomic E-state index is 12.6. The quantitative estimate of drug-likeness (QED) is 0.639. The van der Waals surface area contributed by atoms with E-state index in [0.29, 0.717) is 6.61 Å². The zero-order valence-electron chi connectivity index (χ0n) is 9.91. The van der Waals surface area contributed by atoms with E-state index in [1.54, 1.807) is 0 Å². The van der Waals surface area contributed by atoms with Gasteiger partial charge in [0.2, 0.25) is 11.7 Å². The molecule has 2 heterocycles. The van der Waals surface area contributed by atoms with E-state index in [1.165, 1.54) is 6.07 Å². The molecule has 106 valence electrons. The van der Waals surface area contributed by atoms with Crippen LogP contribution in [0.3, 0.4) is 0 Å². The summed E-state index contributed by atoms with van der Waals surface area (Å²) in [4.78, 5) is 6.52. The first-order chi connectivity index (χ1) is 8.99. The van der Waals surface area contributed by atoms with Gasteiger partial charge in [-0.3, -0.25) is 0 Å². The van der Waals surface area contributed by atoms with Crippen LogP contribution in [0.15, 0.2) is 6.07 Å². The summed E-state index contributed by atoms with van der Waals surface area (Å²) in [7, 11) is 0. The van der Waals surface area contributed by atoms with Crippen LogP contribution < -0.4 is 16.0 Å². The molecule has 0 aliphatic carbocycles. The number of hydrazine groups is 1. The monoisotopic (exact) mass is 278 g/mol. The van der Waals surface area contributed by atoms with Crippen molar-refractivity contribution >= 4 is 5.82 Å². The van der Waals surface area contributed by atoms with Gasteiger partial charge in [0.15, 0.2) is 0 Å². The van der Waals surface area contributed by atoms with Gasteiger partial charge in [-0.15, -0.1) is 0 Å². The van der Waals surface area contributed by atoms with Gasteiger partial charge >= 0.3 is 6.18 Å². The molecule has 1 fully saturated rings. The Morgan fingerprint density at radius 2 is 2.26 bits per heavy atom. The first-order valence-corrected chi connectivity index (χ1v) is 5.66. The fourth-order valence-electron chi connectivity index (χ4n) is 1.65. The molecule has 1 atom stereocenters. The lowest BCUT2D eigenvalue weighted by Crippen LogP contribution is -2.19. The topological polar surface area (TPSA) is 82.3 Å². The van der Waals surface area contributed by atoms with E-state index < -0.39 is 12.0 Å². The van der Waals surface area contributed by atoms with Gasteiger partial charge < -0.3 is 14.9 Å². The number of alkyl halides is 3. The number of ether oxygens (including phenoxy) is 2. The summed E-state index contributed by atoms with van der Waals surface area (Å²) in [6.07, 6.45) is -3.03. The molecule has 1 unspecified atom stereocenters. The minimum absolute atomic E-state index is 0.112. The first kappa shape index (κ1) is 13.8. The average Bonchev–Trinajstić information content (AvgIpc) is 2.88. The van der Waals surface area contributed by atoms with Crippen LogP contribution in [0.25, 0.3) is 0 Å². The molecule has 0 bridgehead atoms. The van der Waals surface area contributed by atoms with E-state index in [-0.39, 0.29) is 24.4 Å². The fraction of sp³-hybridized carbons (Fsp3) is 0.600. The third kappa shape index (κ3) is 3.67. The molecule has 6 nitrogen and oxygen atoms in total. The highest BCUT2D eigenvalue weighted by Gasteiger charge is 2.35. The number of aromatic nitrogens is 2. The van der Waals surface area contributed by atoms with Crippen LogP contribution in [-0.2, 0) is 10.9 Å². The maximum atomic E-state index is 12.6. The Morgan fingerprint density at radius 1 is 1.47 bits per heavy atom. The molecule has 0 spiro atoms. The van der Waals surface area contributed by atoms with Crippen LogP contribution in [-0.4, -0.2) is 29.3 Å². The van der Waals surface area contributed by atoms with Crippen molar-refractivity contribution in [3.05, 3.63) is 11.9 Å². The molecule has 1 aliphatic rings. The van der Waals surface area contributed by atoms with Gasteiger partial charge in [-0.25, -0.2) is 10.8 Å². The van der Waals surface area contributed by atoms with Gasteiger partial charge in [0.25, 0.3) is 0 Å². The highest BCUT2D eigenvalue weighted by atomic mass is 19.4. The van der Waals surface area contributed by atoms with Crippen LogP contribution in [0.5, 0.6) is 5.88 Å². The molecule has 1 saturated heterocycles. The Morgan fingerprint density at radius 3 is 2.84 bits per heavy atom. The molecule has 3 N–H and O–H groups in total. The van der Waals surface area contributed by atoms with Crippen LogP contribution in [0.2, 0.25) is 0 Å². The second-order valence-corrected chi connectivity index (χ2v) is 4.00. The molecular formula is C10H13F3N4O2. The van der Waals surface area contributed by atoms with Gasteiger partial charge in [-0.05, 0) is 12.8 Å². The molecular weight excluding hydrogens is 265 g/mol. The van der Waals surface area contributed by atoms with Gasteiger partial charge in [0.05, 0.1) is 6.10 Å². The lowest BCUT2D eigenvalue weighted by molar-refractivity contribution is -0.145. The van der Waals surface area contributed by atoms with E-state index in [0.717, 1.165) is 12.8 Å². The minimum Gasteiger partial charge on any atom is -0.475 e. The van der Waals surface area contributed by atoms with E-state index in [4.69, 9.17) is 15.3 Å². The number of nitrogens with one attached hydrogen (secondary N) is 1. The van der Waals surface area contributed by atoms with Crippen LogP contribution >= 0.6 is 0 Å². The summed E-state index contributed by atoms with van der Waals surface area (Å²) in [6.45, 7) is 0.791. The van der Waals surface area contributed by atoms with Crippen molar-refractivity contribution in [2.45, 2.75) is 25.1 Å². The standard InChI is InChI=1S/C10H13F3N4O2/c11-10(12,13)9-15-7(17-14)4-8(16-9)19-5-6-2-1-3-18-6/h4,6H,1-3,5,14H2,(H,15,16,17). The van der Waals surface area contributed by atoms with Gasteiger partial charge in [0.1, 0.15) is 12.4 Å². The molecule has 0 amide bonds. The Kier molecular flexibility index (Phi) is 4.05. The zero-order valence-corrected chi connectivity index (χ0v) is 9.91. The number of nitrogens with zero attached hydrogens (tertiary/aromatic N) is 2. The van der Waals surface area contributed by atoms with Gasteiger partial charge in [0, 0.05) is 12.7 Å². The number of anilines is 1. The SMILES string of the molecule is NNc1cc(OCC2CCCO2)nc(C(F)(F)F)n1. The van der Waals surface area contributed by atoms with Crippen molar-refractivity contribution in [2.24, 2.45) is 5.84 Å². The predicted molar refractivity (Wildman–Crippen MR) is 59.3 cm³/mol. The van der Waals surface area contributed by atoms with Crippen molar-refractivity contribution in [2.75, 3.05) is 18.6 Å². The second kappa shape index (κ2) is 5.57. The minimum atomic E-state index is -4.66. The molecule has 19 heavy (non-hydrogen) atoms. The molecule has 0 aromatic carbocycles. The number of rotatable bonds is 4. The largest absolute Gasteiger partial charge is 0.475 e. The number of nitrogen functional groups attached to an aromatic ring is 1. The number of nitrogens with two attached hydrogens (primary N) is 1. The zero-order chi connectivity index (χ0) is 13.9. The van der Waals surface area contributed by atoms with Crippen LogP contribution in [0, 0.1) is 0 Å². The molecule has 9 heteroatoms. The summed E-state index contributed by atoms with van der Waals surface area (Å²) >= 11 is 0. The van der Waals surface area contributed by atoms with Crippen LogP contribution in [0.4, 0.5) is 19.0 Å². The molecule has 1 aromatic heterocycles. The summed E-state index contributed by atoms with van der Waals surface area (Å²) in [6, 6.07) is 1.20. The lowest BCUT2D eigenvalue weighted by atomic mass is 10.2. The van der Waals surface area contributed by atoms with Crippen LogP contribution in [0.1, 0.15) is 18.7 Å². The molecule has 1 aliphatic heterocycles. The van der Waals surface area contributed by atoms with Gasteiger partial charge in [-0.1, -0.05) is 0 Å². The molecule has 0 radical (unpaired) electrons. The predicted octanol–water partition coefficient (Wildman–Crippen LogP) is 1.34. The fourth-order valence-corrected chi connectivity index (χ4v) is 1.65. The molecule has 2 rings (SSSR count). The number of halogens is 3. The average molecular weight is 278 g/mol. The number of hydrogen-bond acceptors (Lipinski definition) is 6. The van der Waals surface area contributed by atoms with Crippen molar-refractivity contribution in [3.8, 4) is 5.88 Å². The first-order valence-electron chi connectivity index (χ1n) is 5.66. The summed E-state index contributed by atoms with van der Waals surface area (Å²) < 4.78 is 48.1. The van der Waals surface area contributed by atoms with Gasteiger partial charge in [-0.2, -0.15) is 18.2 Å². The number of hydrogen-bond donors (Lipinski definition) is 2.